The molecule has 0 bridgehead atoms. The van der Waals surface area contributed by atoms with Crippen LogP contribution < -0.4 is 31.9 Å². The first-order valence-electron chi connectivity index (χ1n) is 29.6. The molecule has 27 heteroatoms. The molecule has 0 spiro atoms. The zero-order chi connectivity index (χ0) is 64.7. The molecule has 0 aliphatic heterocycles. The quantitative estimate of drug-likeness (QED) is 0.0336. The zero-order valence-electron chi connectivity index (χ0n) is 51.0. The van der Waals surface area contributed by atoms with E-state index in [1.54, 1.807) is 71.6 Å². The van der Waals surface area contributed by atoms with E-state index in [0.29, 0.717) is 80.2 Å². The number of anilines is 2. The summed E-state index contributed by atoms with van der Waals surface area (Å²) < 4.78 is 32.7. The number of hydrogen-bond acceptors (Lipinski definition) is 15. The number of tetrazole rings is 2. The van der Waals surface area contributed by atoms with Crippen molar-refractivity contribution in [3.8, 4) is 33.9 Å². The van der Waals surface area contributed by atoms with Gasteiger partial charge in [-0.05, 0) is 202 Å². The molecule has 2 aromatic heterocycles. The van der Waals surface area contributed by atoms with Gasteiger partial charge < -0.3 is 36.8 Å². The number of nitrogens with two attached hydrogens (primary N) is 1. The summed E-state index contributed by atoms with van der Waals surface area (Å²) in [7, 11) is -0.611. The molecule has 90 heavy (non-hydrogen) atoms. The number of carbonyl (C=O) groups is 6. The Morgan fingerprint density at radius 1 is 0.711 bits per heavy atom. The Morgan fingerprint density at radius 3 is 1.81 bits per heavy atom. The molecular formula is C63H76BrN15O10S. The van der Waals surface area contributed by atoms with Crippen LogP contribution in [0.4, 0.5) is 21.0 Å². The first-order valence-corrected chi connectivity index (χ1v) is 31.9. The molecule has 25 nitrogen and oxygen atoms in total. The Kier molecular flexibility index (Phi) is 22.7. The van der Waals surface area contributed by atoms with Gasteiger partial charge in [0.25, 0.3) is 0 Å². The van der Waals surface area contributed by atoms with Crippen LogP contribution in [0.15, 0.2) is 125 Å². The number of benzene rings is 5. The van der Waals surface area contributed by atoms with Crippen LogP contribution in [0, 0.1) is 30.6 Å². The number of hydrogen-bond donors (Lipinski definition) is 8. The Bertz CT molecular complexity index is 3700. The normalized spacial score (nSPS) is 17.3. The van der Waals surface area contributed by atoms with Gasteiger partial charge in [0.15, 0.2) is 0 Å². The highest BCUT2D eigenvalue weighted by Gasteiger charge is 2.37. The molecule has 9 rings (SSSR count). The van der Waals surface area contributed by atoms with Crippen LogP contribution in [0.3, 0.4) is 0 Å². The summed E-state index contributed by atoms with van der Waals surface area (Å²) >= 11 is 3.48. The number of nitrogens with one attached hydrogen (secondary N) is 6. The van der Waals surface area contributed by atoms with Gasteiger partial charge in [-0.2, -0.15) is 10.4 Å². The molecule has 2 aliphatic carbocycles. The molecule has 476 valence electrons. The lowest BCUT2D eigenvalue weighted by Crippen LogP contribution is -2.52. The van der Waals surface area contributed by atoms with E-state index >= 15 is 0 Å². The van der Waals surface area contributed by atoms with Gasteiger partial charge in [-0.25, -0.2) is 22.3 Å². The van der Waals surface area contributed by atoms with Gasteiger partial charge in [-0.1, -0.05) is 58.4 Å². The standard InChI is InChI=1S/C34H40N8O6S.C29H36BrN7O4/c1-21-17-28(49(47,48)42(2)3)15-16-29(21)26-6-4-5-23(18-26)19-30(37-32(43)25-9-7-22(8-10-25)20-35-34(45)46)33(44)36-27-13-11-24(12-14-27)31-38-40-41-39-31;1-29(2,3)41-28(40)32-17-18-7-9-21(10-8-18)27(39)37(23-13-11-20(12-14-23)26-33-35-36-34-26)24(25(31)38)16-19-5-4-6-22(30)15-19/h4-6,11-18,22,25,30,35H,7-10,19-20H2,1-3H3,(H,36,44)(H,37,43)(H,45,46)(H,38,39,40,41);4-6,11-15,18,21,24H,7-10,16-17H2,1-3H3,(H2,31,38)(H,32,40)(H,33,34,35,36)/t22?,25?,30-;18?,21?,24-/m00/s1. The van der Waals surface area contributed by atoms with Gasteiger partial charge in [0, 0.05) is 78.8 Å². The molecule has 2 heterocycles. The maximum Gasteiger partial charge on any atom is 0.407 e. The minimum Gasteiger partial charge on any atom is -0.465 e. The molecule has 2 atom stereocenters. The summed E-state index contributed by atoms with van der Waals surface area (Å²) in [5.74, 6) is -0.674. The summed E-state index contributed by atoms with van der Waals surface area (Å²) in [5.41, 5.74) is 12.1. The lowest BCUT2D eigenvalue weighted by Gasteiger charge is -2.36. The lowest BCUT2D eigenvalue weighted by molar-refractivity contribution is -0.130. The number of alkyl carbamates (subject to hydrolysis) is 1. The molecule has 0 saturated heterocycles. The minimum atomic E-state index is -3.59. The molecule has 9 N–H and O–H groups in total. The minimum absolute atomic E-state index is 0.144. The Labute approximate surface area is 530 Å². The first-order chi connectivity index (χ1) is 42.9. The highest BCUT2D eigenvalue weighted by atomic mass is 79.9. The molecule has 2 aliphatic rings. The molecule has 6 amide bonds. The number of ether oxygens (including phenoxy) is 1. The molecule has 2 fully saturated rings. The molecule has 0 unspecified atom stereocenters. The van der Waals surface area contributed by atoms with E-state index < -0.39 is 45.8 Å². The van der Waals surface area contributed by atoms with Crippen molar-refractivity contribution in [3.05, 3.63) is 136 Å². The smallest absolute Gasteiger partial charge is 0.407 e. The van der Waals surface area contributed by atoms with Crippen molar-refractivity contribution in [1.82, 2.24) is 61.5 Å². The van der Waals surface area contributed by atoms with Crippen molar-refractivity contribution in [2.45, 2.75) is 114 Å². The average Bonchev–Trinajstić information content (AvgIpc) is 0.981. The third-order valence-corrected chi connectivity index (χ3v) is 18.2. The summed E-state index contributed by atoms with van der Waals surface area (Å²) in [4.78, 5) is 79.0. The van der Waals surface area contributed by atoms with Crippen molar-refractivity contribution in [2.75, 3.05) is 37.4 Å². The fourth-order valence-electron chi connectivity index (χ4n) is 11.1. The van der Waals surface area contributed by atoms with Crippen LogP contribution in [0.5, 0.6) is 0 Å². The number of sulfonamides is 1. The van der Waals surface area contributed by atoms with E-state index in [2.05, 4.69) is 78.4 Å². The van der Waals surface area contributed by atoms with Crippen LogP contribution in [-0.2, 0) is 46.8 Å². The topological polar surface area (TPSA) is 356 Å². The van der Waals surface area contributed by atoms with Crippen molar-refractivity contribution in [2.24, 2.45) is 29.4 Å². The van der Waals surface area contributed by atoms with E-state index in [4.69, 9.17) is 15.6 Å². The second-order valence-electron chi connectivity index (χ2n) is 23.8. The number of carboxylic acid groups (broad SMARTS) is 1. The fraction of sp³-hybridized carbons (Fsp3) is 0.397. The van der Waals surface area contributed by atoms with Gasteiger partial charge in [-0.15, -0.1) is 20.4 Å². The van der Waals surface area contributed by atoms with Crippen LogP contribution in [-0.4, -0.2) is 140 Å². The number of aromatic nitrogens is 8. The maximum absolute atomic E-state index is 14.1. The Balaban J connectivity index is 0.000000236. The van der Waals surface area contributed by atoms with Crippen LogP contribution in [0.25, 0.3) is 33.9 Å². The van der Waals surface area contributed by atoms with E-state index in [0.717, 1.165) is 50.7 Å². The SMILES string of the molecule is CC(C)(C)OC(=O)NCC1CCC(C(=O)N(c2ccc(-c3nn[nH]n3)cc2)[C@@H](Cc2cccc(Br)c2)C(N)=O)CC1.Cc1cc(S(=O)(=O)N(C)C)ccc1-c1cccc(C[C@H](NC(=O)C2CCC(CNC(=O)O)CC2)C(=O)Nc2ccc(-c3nn[nH]n3)cc2)c1. The van der Waals surface area contributed by atoms with Gasteiger partial charge in [0.2, 0.25) is 45.3 Å². The number of rotatable bonds is 21. The van der Waals surface area contributed by atoms with Crippen molar-refractivity contribution in [1.29, 1.82) is 0 Å². The lowest BCUT2D eigenvalue weighted by atomic mass is 9.81. The van der Waals surface area contributed by atoms with Gasteiger partial charge >= 0.3 is 12.2 Å². The summed E-state index contributed by atoms with van der Waals surface area (Å²) in [5, 5.41) is 48.1. The first kappa shape index (κ1) is 67.0. The van der Waals surface area contributed by atoms with Crippen LogP contribution >= 0.6 is 15.9 Å². The molecule has 7 aromatic rings. The number of nitrogens with zero attached hydrogens (tertiary/aromatic N) is 8. The average molecular weight is 1320 g/mol. The fourth-order valence-corrected chi connectivity index (χ4v) is 12.5. The van der Waals surface area contributed by atoms with E-state index in [9.17, 15) is 37.2 Å². The maximum atomic E-state index is 14.1. The second-order valence-corrected chi connectivity index (χ2v) is 26.8. The molecular weight excluding hydrogens is 1240 g/mol. The number of aryl methyl sites for hydroxylation is 1. The number of H-pyrrole nitrogens is 2. The predicted molar refractivity (Wildman–Crippen MR) is 340 cm³/mol. The number of aromatic amines is 2. The Morgan fingerprint density at radius 2 is 1.28 bits per heavy atom. The van der Waals surface area contributed by atoms with Gasteiger partial charge in [0.1, 0.15) is 17.7 Å². The number of halogens is 1. The van der Waals surface area contributed by atoms with Crippen molar-refractivity contribution >= 4 is 73.1 Å². The highest BCUT2D eigenvalue weighted by molar-refractivity contribution is 9.10. The number of primary amides is 1. The van der Waals surface area contributed by atoms with Gasteiger partial charge in [0.05, 0.1) is 4.90 Å². The monoisotopic (exact) mass is 1310 g/mol. The zero-order valence-corrected chi connectivity index (χ0v) is 53.4. The molecule has 2 saturated carbocycles. The van der Waals surface area contributed by atoms with E-state index in [-0.39, 0.29) is 59.1 Å². The number of amides is 6. The highest BCUT2D eigenvalue weighted by Crippen LogP contribution is 2.35. The van der Waals surface area contributed by atoms with Crippen LogP contribution in [0.2, 0.25) is 0 Å². The second kappa shape index (κ2) is 30.5. The molecule has 0 radical (unpaired) electrons. The summed E-state index contributed by atoms with van der Waals surface area (Å²) in [6.07, 6.45) is 4.38. The van der Waals surface area contributed by atoms with E-state index in [1.165, 1.54) is 18.4 Å². The van der Waals surface area contributed by atoms with Gasteiger partial charge in [-0.3, -0.25) is 24.1 Å². The summed E-state index contributed by atoms with van der Waals surface area (Å²) in [6, 6.07) is 32.5. The van der Waals surface area contributed by atoms with Crippen molar-refractivity contribution in [3.63, 3.8) is 0 Å². The number of carbonyl (C=O) groups excluding carboxylic acids is 5. The molecule has 5 aromatic carbocycles. The summed E-state index contributed by atoms with van der Waals surface area (Å²) in [6.45, 7) is 8.16. The predicted octanol–water partition coefficient (Wildman–Crippen LogP) is 8.22. The van der Waals surface area contributed by atoms with Crippen molar-refractivity contribution < 1.29 is 47.0 Å². The Hall–Kier alpha value is -8.95. The van der Waals surface area contributed by atoms with Crippen LogP contribution in [0.1, 0.15) is 88.8 Å². The third kappa shape index (κ3) is 18.6. The van der Waals surface area contributed by atoms with E-state index in [1.807, 2.05) is 76.2 Å². The largest absolute Gasteiger partial charge is 0.465 e. The third-order valence-electron chi connectivity index (χ3n) is 15.9.